The summed E-state index contributed by atoms with van der Waals surface area (Å²) in [5.74, 6) is -0.685. The molecule has 0 rings (SSSR count). The summed E-state index contributed by atoms with van der Waals surface area (Å²) in [4.78, 5) is 23.9. The van der Waals surface area contributed by atoms with E-state index in [4.69, 9.17) is 5.41 Å². The van der Waals surface area contributed by atoms with E-state index >= 15 is 0 Å². The molecule has 8 heavy (non-hydrogen) atoms. The molecule has 0 bridgehead atoms. The van der Waals surface area contributed by atoms with Crippen LogP contribution in [0.15, 0.2) is 9.98 Å². The van der Waals surface area contributed by atoms with Gasteiger partial charge < -0.3 is 0 Å². The lowest BCUT2D eigenvalue weighted by atomic mass is 11.0. The first-order valence-electron chi connectivity index (χ1n) is 1.55. The molecule has 0 spiro atoms. The van der Waals surface area contributed by atoms with Crippen LogP contribution in [0.4, 0.5) is 0 Å². The Bertz CT molecular complexity index is 165. The molecule has 0 aliphatic carbocycles. The Kier molecular flexibility index (Phi) is 2.90. The Balaban J connectivity index is 4.04. The summed E-state index contributed by atoms with van der Waals surface area (Å²) in [7, 11) is 0. The van der Waals surface area contributed by atoms with E-state index < -0.39 is 5.96 Å². The van der Waals surface area contributed by atoms with E-state index in [9.17, 15) is 9.59 Å². The number of rotatable bonds is 0. The van der Waals surface area contributed by atoms with Gasteiger partial charge in [-0.3, -0.25) is 5.41 Å². The maximum absolute atomic E-state index is 9.27. The minimum absolute atomic E-state index is 0.685. The van der Waals surface area contributed by atoms with Gasteiger partial charge in [0.05, 0.1) is 0 Å². The number of nitrogens with one attached hydrogen (secondary N) is 1. The lowest BCUT2D eigenvalue weighted by Gasteiger charge is -1.69. The lowest BCUT2D eigenvalue weighted by molar-refractivity contribution is 0.565. The van der Waals surface area contributed by atoms with Crippen LogP contribution in [0.25, 0.3) is 0 Å². The quantitative estimate of drug-likeness (QED) is 0.262. The van der Waals surface area contributed by atoms with Crippen LogP contribution in [-0.2, 0) is 9.59 Å². The van der Waals surface area contributed by atoms with E-state index in [1.807, 2.05) is 0 Å². The summed E-state index contributed by atoms with van der Waals surface area (Å²) in [6.45, 7) is 0. The topological polar surface area (TPSA) is 82.7 Å². The SMILES string of the molecule is N=C(N=C=O)N=C=O. The summed E-state index contributed by atoms with van der Waals surface area (Å²) >= 11 is 0. The molecule has 0 heterocycles. The summed E-state index contributed by atoms with van der Waals surface area (Å²) in [5.41, 5.74) is 0. The Morgan fingerprint density at radius 2 is 1.62 bits per heavy atom. The van der Waals surface area contributed by atoms with Crippen LogP contribution in [0.5, 0.6) is 0 Å². The highest BCUT2D eigenvalue weighted by Crippen LogP contribution is 1.69. The molecule has 1 N–H and O–H groups in total. The molecule has 0 saturated carbocycles. The molecule has 0 aromatic rings. The molecular formula is C3HN3O2. The van der Waals surface area contributed by atoms with Crippen LogP contribution < -0.4 is 0 Å². The van der Waals surface area contributed by atoms with Gasteiger partial charge in [-0.05, 0) is 0 Å². The first-order valence-corrected chi connectivity index (χ1v) is 1.55. The van der Waals surface area contributed by atoms with Crippen LogP contribution >= 0.6 is 0 Å². The number of hydrogen-bond acceptors (Lipinski definition) is 3. The second kappa shape index (κ2) is 3.61. The van der Waals surface area contributed by atoms with Gasteiger partial charge in [-0.1, -0.05) is 0 Å². The highest BCUT2D eigenvalue weighted by Gasteiger charge is 1.80. The van der Waals surface area contributed by atoms with Crippen molar-refractivity contribution in [3.8, 4) is 0 Å². The number of carbonyl (C=O) groups excluding carboxylic acids is 2. The second-order valence-corrected chi connectivity index (χ2v) is 0.730. The van der Waals surface area contributed by atoms with Crippen molar-refractivity contribution in [2.24, 2.45) is 9.98 Å². The summed E-state index contributed by atoms with van der Waals surface area (Å²) in [5, 5.41) is 6.43. The zero-order valence-electron chi connectivity index (χ0n) is 3.71. The first-order chi connectivity index (χ1) is 3.81. The van der Waals surface area contributed by atoms with Crippen molar-refractivity contribution in [2.75, 3.05) is 0 Å². The molecule has 0 aliphatic rings. The van der Waals surface area contributed by atoms with E-state index in [1.165, 1.54) is 0 Å². The summed E-state index contributed by atoms with van der Waals surface area (Å²) in [6.07, 6.45) is 2.06. The van der Waals surface area contributed by atoms with Gasteiger partial charge >= 0.3 is 0 Å². The van der Waals surface area contributed by atoms with Gasteiger partial charge in [-0.25, -0.2) is 9.59 Å². The van der Waals surface area contributed by atoms with Crippen molar-refractivity contribution in [2.45, 2.75) is 0 Å². The molecule has 5 nitrogen and oxygen atoms in total. The smallest absolute Gasteiger partial charge is 0.263 e. The zero-order valence-corrected chi connectivity index (χ0v) is 3.71. The van der Waals surface area contributed by atoms with E-state index in [0.717, 1.165) is 12.2 Å². The van der Waals surface area contributed by atoms with E-state index in [2.05, 4.69) is 9.98 Å². The van der Waals surface area contributed by atoms with Crippen molar-refractivity contribution in [1.82, 2.24) is 0 Å². The zero-order chi connectivity index (χ0) is 6.41. The second-order valence-electron chi connectivity index (χ2n) is 0.730. The molecule has 0 amide bonds. The van der Waals surface area contributed by atoms with Gasteiger partial charge in [-0.2, -0.15) is 0 Å². The molecular weight excluding hydrogens is 110 g/mol. The number of hydrogen-bond donors (Lipinski definition) is 1. The van der Waals surface area contributed by atoms with Crippen LogP contribution in [0, 0.1) is 5.41 Å². The van der Waals surface area contributed by atoms with E-state index in [-0.39, 0.29) is 0 Å². The van der Waals surface area contributed by atoms with Crippen LogP contribution in [0.1, 0.15) is 0 Å². The molecule has 0 aromatic heterocycles. The van der Waals surface area contributed by atoms with Crippen molar-refractivity contribution in [3.63, 3.8) is 0 Å². The fourth-order valence-electron chi connectivity index (χ4n) is 0.111. The third kappa shape index (κ3) is 2.66. The van der Waals surface area contributed by atoms with Gasteiger partial charge in [0, 0.05) is 0 Å². The molecule has 0 atom stereocenters. The first kappa shape index (κ1) is 6.43. The van der Waals surface area contributed by atoms with E-state index in [1.54, 1.807) is 0 Å². The Morgan fingerprint density at radius 1 is 1.25 bits per heavy atom. The standard InChI is InChI=1S/C3HN3O2/c4-3(5-1-7)6-2-8/h4H. The fraction of sp³-hybridized carbons (Fsp3) is 0. The minimum atomic E-state index is -0.685. The largest absolute Gasteiger partial charge is 0.264 e. The maximum atomic E-state index is 9.27. The van der Waals surface area contributed by atoms with Crippen molar-refractivity contribution in [1.29, 1.82) is 5.41 Å². The van der Waals surface area contributed by atoms with Crippen LogP contribution in [-0.4, -0.2) is 18.1 Å². The Morgan fingerprint density at radius 3 is 1.88 bits per heavy atom. The van der Waals surface area contributed by atoms with Crippen LogP contribution in [0.3, 0.4) is 0 Å². The van der Waals surface area contributed by atoms with Crippen LogP contribution in [0.2, 0.25) is 0 Å². The molecule has 0 saturated heterocycles. The number of isocyanates is 2. The van der Waals surface area contributed by atoms with Gasteiger partial charge in [0.25, 0.3) is 5.96 Å². The monoisotopic (exact) mass is 111 g/mol. The molecule has 0 radical (unpaired) electrons. The normalized spacial score (nSPS) is 6.00. The molecule has 0 unspecified atom stereocenters. The Labute approximate surface area is 44.3 Å². The number of nitrogens with zero attached hydrogens (tertiary/aromatic N) is 2. The average molecular weight is 111 g/mol. The average Bonchev–Trinajstić information content (AvgIpc) is 1.68. The Hall–Kier alpha value is -1.57. The van der Waals surface area contributed by atoms with Gasteiger partial charge in [0.2, 0.25) is 12.2 Å². The molecule has 0 aliphatic heterocycles. The molecule has 0 aromatic carbocycles. The summed E-state index contributed by atoms with van der Waals surface area (Å²) < 4.78 is 0. The van der Waals surface area contributed by atoms with Crippen molar-refractivity contribution in [3.05, 3.63) is 0 Å². The van der Waals surface area contributed by atoms with Gasteiger partial charge in [0.15, 0.2) is 0 Å². The third-order valence-corrected chi connectivity index (χ3v) is 0.303. The molecule has 5 heteroatoms. The van der Waals surface area contributed by atoms with Crippen molar-refractivity contribution >= 4 is 18.1 Å². The maximum Gasteiger partial charge on any atom is 0.263 e. The fourth-order valence-corrected chi connectivity index (χ4v) is 0.111. The predicted molar refractivity (Wildman–Crippen MR) is 24.0 cm³/mol. The van der Waals surface area contributed by atoms with Crippen molar-refractivity contribution < 1.29 is 9.59 Å². The van der Waals surface area contributed by atoms with Gasteiger partial charge in [-0.15, -0.1) is 9.98 Å². The minimum Gasteiger partial charge on any atom is -0.264 e. The number of guanidine groups is 1. The highest BCUT2D eigenvalue weighted by molar-refractivity contribution is 5.86. The lowest BCUT2D eigenvalue weighted by Crippen LogP contribution is -1.80. The predicted octanol–water partition coefficient (Wildman–Crippen LogP) is -0.407. The summed E-state index contributed by atoms with van der Waals surface area (Å²) in [6, 6.07) is 0. The highest BCUT2D eigenvalue weighted by atomic mass is 16.1. The third-order valence-electron chi connectivity index (χ3n) is 0.303. The van der Waals surface area contributed by atoms with Gasteiger partial charge in [0.1, 0.15) is 0 Å². The molecule has 40 valence electrons. The number of aliphatic imine (C=N–C) groups is 2. The van der Waals surface area contributed by atoms with E-state index in [0.29, 0.717) is 0 Å². The molecule has 0 fully saturated rings.